The molecule has 0 heterocycles. The lowest BCUT2D eigenvalue weighted by Gasteiger charge is -1.96. The standard InChI is InChI=1S/C5H7O4P/c1-2-3-8-4-5-9-10(6)7/h1,4-7H,3H2. The molecule has 0 aromatic heterocycles. The molecule has 0 fully saturated rings. The number of rotatable bonds is 4. The average molecular weight is 162 g/mol. The number of ether oxygens (including phenoxy) is 1. The molecule has 0 aliphatic carbocycles. The second kappa shape index (κ2) is 6.37. The molecule has 0 spiro atoms. The van der Waals surface area contributed by atoms with Crippen LogP contribution in [0.5, 0.6) is 0 Å². The minimum atomic E-state index is -2.34. The zero-order valence-corrected chi connectivity index (χ0v) is 5.99. The van der Waals surface area contributed by atoms with Gasteiger partial charge in [-0.2, -0.15) is 0 Å². The van der Waals surface area contributed by atoms with Crippen molar-refractivity contribution in [3.8, 4) is 12.3 Å². The van der Waals surface area contributed by atoms with Crippen molar-refractivity contribution in [3.05, 3.63) is 12.5 Å². The van der Waals surface area contributed by atoms with Gasteiger partial charge in [0.1, 0.15) is 19.1 Å². The molecule has 0 saturated heterocycles. The Hall–Kier alpha value is -0.750. The fourth-order valence-corrected chi connectivity index (χ4v) is 0.373. The van der Waals surface area contributed by atoms with Gasteiger partial charge in [-0.05, 0) is 0 Å². The first-order valence-electron chi connectivity index (χ1n) is 2.32. The maximum atomic E-state index is 8.16. The van der Waals surface area contributed by atoms with Crippen LogP contribution in [-0.4, -0.2) is 16.4 Å². The molecule has 10 heavy (non-hydrogen) atoms. The SMILES string of the molecule is C#CCOC=COP(O)O. The van der Waals surface area contributed by atoms with Crippen LogP contribution in [0.2, 0.25) is 0 Å². The summed E-state index contributed by atoms with van der Waals surface area (Å²) in [7, 11) is -2.34. The van der Waals surface area contributed by atoms with Gasteiger partial charge in [-0.25, -0.2) is 0 Å². The molecule has 0 aromatic rings. The molecule has 0 aliphatic rings. The molecule has 56 valence electrons. The predicted octanol–water partition coefficient (Wildman–Crippen LogP) is 0.335. The summed E-state index contributed by atoms with van der Waals surface area (Å²) in [5.41, 5.74) is 0. The second-order valence-electron chi connectivity index (χ2n) is 1.15. The summed E-state index contributed by atoms with van der Waals surface area (Å²) in [6, 6.07) is 0. The van der Waals surface area contributed by atoms with Gasteiger partial charge in [0.25, 0.3) is 0 Å². The van der Waals surface area contributed by atoms with Crippen LogP contribution in [0.1, 0.15) is 0 Å². The summed E-state index contributed by atoms with van der Waals surface area (Å²) >= 11 is 0. The average Bonchev–Trinajstić information content (AvgIpc) is 1.87. The quantitative estimate of drug-likeness (QED) is 0.271. The van der Waals surface area contributed by atoms with Gasteiger partial charge in [-0.1, -0.05) is 5.92 Å². The molecule has 4 nitrogen and oxygen atoms in total. The molecule has 0 rings (SSSR count). The molecule has 5 heteroatoms. The van der Waals surface area contributed by atoms with Crippen LogP contribution in [0, 0.1) is 12.3 Å². The molecule has 0 saturated carbocycles. The first kappa shape index (κ1) is 9.25. The van der Waals surface area contributed by atoms with Gasteiger partial charge in [-0.15, -0.1) is 6.42 Å². The summed E-state index contributed by atoms with van der Waals surface area (Å²) in [6.07, 6.45) is 6.98. The molecule has 0 unspecified atom stereocenters. The number of hydrogen-bond acceptors (Lipinski definition) is 4. The Balaban J connectivity index is 3.14. The zero-order valence-electron chi connectivity index (χ0n) is 5.10. The van der Waals surface area contributed by atoms with Crippen LogP contribution in [0.3, 0.4) is 0 Å². The van der Waals surface area contributed by atoms with Crippen LogP contribution < -0.4 is 0 Å². The van der Waals surface area contributed by atoms with E-state index in [1.807, 2.05) is 0 Å². The van der Waals surface area contributed by atoms with E-state index in [0.717, 1.165) is 12.5 Å². The highest BCUT2D eigenvalue weighted by Gasteiger charge is 1.91. The van der Waals surface area contributed by atoms with Crippen molar-refractivity contribution in [2.75, 3.05) is 6.61 Å². The van der Waals surface area contributed by atoms with Crippen molar-refractivity contribution in [3.63, 3.8) is 0 Å². The first-order valence-corrected chi connectivity index (χ1v) is 3.48. The van der Waals surface area contributed by atoms with Gasteiger partial charge in [-0.3, -0.25) is 0 Å². The number of hydrogen-bond donors (Lipinski definition) is 2. The molecule has 0 bridgehead atoms. The van der Waals surface area contributed by atoms with Crippen molar-refractivity contribution in [2.45, 2.75) is 0 Å². The fraction of sp³-hybridized carbons (Fsp3) is 0.200. The molecular weight excluding hydrogens is 155 g/mol. The highest BCUT2D eigenvalue weighted by atomic mass is 31.2. The highest BCUT2D eigenvalue weighted by molar-refractivity contribution is 7.39. The molecule has 0 atom stereocenters. The Kier molecular flexibility index (Phi) is 5.89. The molecule has 0 aromatic carbocycles. The van der Waals surface area contributed by atoms with Gasteiger partial charge in [0.2, 0.25) is 0 Å². The second-order valence-corrected chi connectivity index (χ2v) is 1.86. The largest absolute Gasteiger partial charge is 0.485 e. The van der Waals surface area contributed by atoms with Crippen LogP contribution in [0.4, 0.5) is 0 Å². The monoisotopic (exact) mass is 162 g/mol. The van der Waals surface area contributed by atoms with E-state index < -0.39 is 8.60 Å². The van der Waals surface area contributed by atoms with Crippen LogP contribution >= 0.6 is 8.60 Å². The van der Waals surface area contributed by atoms with Crippen molar-refractivity contribution < 1.29 is 19.0 Å². The van der Waals surface area contributed by atoms with E-state index in [0.29, 0.717) is 0 Å². The van der Waals surface area contributed by atoms with E-state index in [4.69, 9.17) is 16.2 Å². The maximum Gasteiger partial charge on any atom is 0.391 e. The molecule has 0 aliphatic heterocycles. The molecular formula is C5H7O4P. The van der Waals surface area contributed by atoms with E-state index in [1.165, 1.54) is 0 Å². The summed E-state index contributed by atoms with van der Waals surface area (Å²) < 4.78 is 8.77. The van der Waals surface area contributed by atoms with Gasteiger partial charge in [0, 0.05) is 0 Å². The van der Waals surface area contributed by atoms with E-state index in [1.54, 1.807) is 0 Å². The van der Waals surface area contributed by atoms with Crippen molar-refractivity contribution >= 4 is 8.60 Å². The Labute approximate surface area is 60.1 Å². The summed E-state index contributed by atoms with van der Waals surface area (Å²) in [4.78, 5) is 16.3. The smallest absolute Gasteiger partial charge is 0.391 e. The fourth-order valence-electron chi connectivity index (χ4n) is 0.215. The van der Waals surface area contributed by atoms with Crippen LogP contribution in [0.25, 0.3) is 0 Å². The van der Waals surface area contributed by atoms with E-state index in [2.05, 4.69) is 15.2 Å². The van der Waals surface area contributed by atoms with Crippen molar-refractivity contribution in [1.29, 1.82) is 0 Å². The first-order chi connectivity index (χ1) is 4.77. The van der Waals surface area contributed by atoms with E-state index in [9.17, 15) is 0 Å². The Bertz CT molecular complexity index is 137. The molecule has 0 radical (unpaired) electrons. The van der Waals surface area contributed by atoms with E-state index in [-0.39, 0.29) is 6.61 Å². The highest BCUT2D eigenvalue weighted by Crippen LogP contribution is 2.23. The Morgan fingerprint density at radius 3 is 2.70 bits per heavy atom. The third-order valence-electron chi connectivity index (χ3n) is 0.474. The molecule has 2 N–H and O–H groups in total. The summed E-state index contributed by atoms with van der Waals surface area (Å²) in [6.45, 7) is 0.134. The lowest BCUT2D eigenvalue weighted by Crippen LogP contribution is -1.80. The normalized spacial score (nSPS) is 9.80. The van der Waals surface area contributed by atoms with E-state index >= 15 is 0 Å². The Morgan fingerprint density at radius 1 is 1.50 bits per heavy atom. The minimum absolute atomic E-state index is 0.134. The summed E-state index contributed by atoms with van der Waals surface area (Å²) in [5.74, 6) is 2.21. The van der Waals surface area contributed by atoms with Gasteiger partial charge < -0.3 is 19.0 Å². The summed E-state index contributed by atoms with van der Waals surface area (Å²) in [5, 5.41) is 0. The lowest BCUT2D eigenvalue weighted by atomic mass is 10.8. The molecule has 0 amide bonds. The van der Waals surface area contributed by atoms with Gasteiger partial charge in [0.05, 0.1) is 0 Å². The number of terminal acetylenes is 1. The van der Waals surface area contributed by atoms with Crippen LogP contribution in [-0.2, 0) is 9.26 Å². The Morgan fingerprint density at radius 2 is 2.20 bits per heavy atom. The van der Waals surface area contributed by atoms with Crippen molar-refractivity contribution in [2.24, 2.45) is 0 Å². The maximum absolute atomic E-state index is 8.16. The third-order valence-corrected chi connectivity index (χ3v) is 0.784. The van der Waals surface area contributed by atoms with Crippen molar-refractivity contribution in [1.82, 2.24) is 0 Å². The predicted molar refractivity (Wildman–Crippen MR) is 36.4 cm³/mol. The third kappa shape index (κ3) is 7.25. The van der Waals surface area contributed by atoms with Crippen LogP contribution in [0.15, 0.2) is 12.5 Å². The van der Waals surface area contributed by atoms with Gasteiger partial charge >= 0.3 is 8.60 Å². The lowest BCUT2D eigenvalue weighted by molar-refractivity contribution is 0.274. The topological polar surface area (TPSA) is 58.9 Å². The zero-order chi connectivity index (χ0) is 7.82. The van der Waals surface area contributed by atoms with Gasteiger partial charge in [0.15, 0.2) is 0 Å². The minimum Gasteiger partial charge on any atom is -0.485 e.